The Kier molecular flexibility index (Phi) is 6.06. The van der Waals surface area contributed by atoms with Crippen LogP contribution in [0.25, 0.3) is 0 Å². The lowest BCUT2D eigenvalue weighted by atomic mass is 9.63. The SMILES string of the molecule is CCCCC(C)(C(=O)OCC)C(C)(C)CC. The highest BCUT2D eigenvalue weighted by Gasteiger charge is 2.46. The Balaban J connectivity index is 4.94. The Morgan fingerprint density at radius 2 is 1.69 bits per heavy atom. The molecule has 0 heterocycles. The van der Waals surface area contributed by atoms with Crippen molar-refractivity contribution >= 4 is 5.97 Å². The number of carbonyl (C=O) groups excluding carboxylic acids is 1. The summed E-state index contributed by atoms with van der Waals surface area (Å²) in [5.41, 5.74) is -0.359. The Labute approximate surface area is 101 Å². The van der Waals surface area contributed by atoms with Crippen molar-refractivity contribution in [2.24, 2.45) is 10.8 Å². The Morgan fingerprint density at radius 3 is 2.06 bits per heavy atom. The zero-order chi connectivity index (χ0) is 12.8. The second-order valence-corrected chi connectivity index (χ2v) is 5.39. The summed E-state index contributed by atoms with van der Waals surface area (Å²) in [4.78, 5) is 12.2. The monoisotopic (exact) mass is 228 g/mol. The first-order valence-corrected chi connectivity index (χ1v) is 6.53. The summed E-state index contributed by atoms with van der Waals surface area (Å²) >= 11 is 0. The summed E-state index contributed by atoms with van der Waals surface area (Å²) in [6, 6.07) is 0. The van der Waals surface area contributed by atoms with E-state index in [1.165, 1.54) is 0 Å². The van der Waals surface area contributed by atoms with E-state index in [0.29, 0.717) is 6.61 Å². The summed E-state index contributed by atoms with van der Waals surface area (Å²) in [7, 11) is 0. The maximum absolute atomic E-state index is 12.2. The van der Waals surface area contributed by atoms with E-state index in [-0.39, 0.29) is 16.8 Å². The molecule has 0 aliphatic rings. The number of hydrogen-bond acceptors (Lipinski definition) is 2. The molecule has 0 bridgehead atoms. The molecular formula is C14H28O2. The second kappa shape index (κ2) is 6.27. The summed E-state index contributed by atoms with van der Waals surface area (Å²) in [5, 5.41) is 0. The normalized spacial score (nSPS) is 15.6. The van der Waals surface area contributed by atoms with E-state index < -0.39 is 0 Å². The summed E-state index contributed by atoms with van der Waals surface area (Å²) < 4.78 is 5.25. The molecule has 0 saturated carbocycles. The van der Waals surface area contributed by atoms with Gasteiger partial charge in [-0.2, -0.15) is 0 Å². The zero-order valence-corrected chi connectivity index (χ0v) is 11.9. The fourth-order valence-electron chi connectivity index (χ4n) is 1.93. The molecule has 0 N–H and O–H groups in total. The minimum atomic E-state index is -0.353. The minimum Gasteiger partial charge on any atom is -0.466 e. The lowest BCUT2D eigenvalue weighted by Crippen LogP contribution is -2.43. The van der Waals surface area contributed by atoms with Gasteiger partial charge in [-0.3, -0.25) is 4.79 Å². The van der Waals surface area contributed by atoms with Crippen molar-refractivity contribution in [2.75, 3.05) is 6.61 Å². The van der Waals surface area contributed by atoms with Crippen LogP contribution in [0.4, 0.5) is 0 Å². The van der Waals surface area contributed by atoms with E-state index in [2.05, 4.69) is 34.6 Å². The molecule has 0 saturated heterocycles. The molecule has 0 amide bonds. The van der Waals surface area contributed by atoms with Crippen molar-refractivity contribution < 1.29 is 9.53 Å². The van der Waals surface area contributed by atoms with Gasteiger partial charge < -0.3 is 4.74 Å². The van der Waals surface area contributed by atoms with E-state index in [4.69, 9.17) is 4.74 Å². The highest BCUT2D eigenvalue weighted by atomic mass is 16.5. The van der Waals surface area contributed by atoms with E-state index in [9.17, 15) is 4.79 Å². The first-order chi connectivity index (χ1) is 7.35. The fourth-order valence-corrected chi connectivity index (χ4v) is 1.93. The van der Waals surface area contributed by atoms with Gasteiger partial charge in [0, 0.05) is 0 Å². The molecule has 0 aromatic heterocycles. The van der Waals surface area contributed by atoms with Crippen LogP contribution in [-0.2, 0) is 9.53 Å². The highest BCUT2D eigenvalue weighted by molar-refractivity contribution is 5.77. The minimum absolute atomic E-state index is 0.00553. The number of carbonyl (C=O) groups is 1. The number of esters is 1. The predicted octanol–water partition coefficient (Wildman–Crippen LogP) is 4.18. The zero-order valence-electron chi connectivity index (χ0n) is 11.9. The summed E-state index contributed by atoms with van der Waals surface area (Å²) in [6.07, 6.45) is 4.11. The third kappa shape index (κ3) is 3.23. The van der Waals surface area contributed by atoms with E-state index in [1.54, 1.807) is 0 Å². The van der Waals surface area contributed by atoms with Gasteiger partial charge in [-0.05, 0) is 32.1 Å². The van der Waals surface area contributed by atoms with Crippen molar-refractivity contribution in [1.29, 1.82) is 0 Å². The topological polar surface area (TPSA) is 26.3 Å². The Hall–Kier alpha value is -0.530. The lowest BCUT2D eigenvalue weighted by molar-refractivity contribution is -0.163. The van der Waals surface area contributed by atoms with Gasteiger partial charge in [-0.25, -0.2) is 0 Å². The van der Waals surface area contributed by atoms with Crippen LogP contribution >= 0.6 is 0 Å². The molecule has 0 fully saturated rings. The van der Waals surface area contributed by atoms with Gasteiger partial charge in [0.1, 0.15) is 0 Å². The molecule has 0 spiro atoms. The lowest BCUT2D eigenvalue weighted by Gasteiger charge is -2.41. The van der Waals surface area contributed by atoms with Gasteiger partial charge in [0.25, 0.3) is 0 Å². The molecule has 0 rings (SSSR count). The molecule has 0 radical (unpaired) electrons. The molecule has 96 valence electrons. The molecule has 1 unspecified atom stereocenters. The standard InChI is InChI=1S/C14H28O2/c1-7-10-11-14(6,12(15)16-9-3)13(4,5)8-2/h7-11H2,1-6H3. The molecule has 2 heteroatoms. The largest absolute Gasteiger partial charge is 0.466 e. The van der Waals surface area contributed by atoms with Gasteiger partial charge in [0.2, 0.25) is 0 Å². The van der Waals surface area contributed by atoms with Crippen molar-refractivity contribution in [3.05, 3.63) is 0 Å². The third-order valence-electron chi connectivity index (χ3n) is 4.13. The van der Waals surface area contributed by atoms with Crippen LogP contribution in [-0.4, -0.2) is 12.6 Å². The van der Waals surface area contributed by atoms with Gasteiger partial charge in [-0.15, -0.1) is 0 Å². The third-order valence-corrected chi connectivity index (χ3v) is 4.13. The van der Waals surface area contributed by atoms with Crippen LogP contribution in [0.5, 0.6) is 0 Å². The second-order valence-electron chi connectivity index (χ2n) is 5.39. The van der Waals surface area contributed by atoms with Crippen molar-refractivity contribution in [2.45, 2.75) is 67.2 Å². The van der Waals surface area contributed by atoms with E-state index in [1.807, 2.05) is 6.92 Å². The van der Waals surface area contributed by atoms with Gasteiger partial charge in [0.05, 0.1) is 12.0 Å². The number of rotatable bonds is 7. The van der Waals surface area contributed by atoms with Gasteiger partial charge in [0.15, 0.2) is 0 Å². The van der Waals surface area contributed by atoms with Gasteiger partial charge in [-0.1, -0.05) is 40.5 Å². The predicted molar refractivity (Wildman–Crippen MR) is 68.3 cm³/mol. The summed E-state index contributed by atoms with van der Waals surface area (Å²) in [6.45, 7) is 13.0. The van der Waals surface area contributed by atoms with Crippen LogP contribution in [0.2, 0.25) is 0 Å². The molecule has 0 aliphatic carbocycles. The molecule has 1 atom stereocenters. The number of hydrogen-bond donors (Lipinski definition) is 0. The maximum Gasteiger partial charge on any atom is 0.312 e. The van der Waals surface area contributed by atoms with Crippen LogP contribution in [0.1, 0.15) is 67.2 Å². The first kappa shape index (κ1) is 15.5. The first-order valence-electron chi connectivity index (χ1n) is 6.53. The molecular weight excluding hydrogens is 200 g/mol. The highest BCUT2D eigenvalue weighted by Crippen LogP contribution is 2.46. The van der Waals surface area contributed by atoms with Crippen molar-refractivity contribution in [3.63, 3.8) is 0 Å². The molecule has 16 heavy (non-hydrogen) atoms. The molecule has 0 aromatic rings. The van der Waals surface area contributed by atoms with Crippen LogP contribution < -0.4 is 0 Å². The average Bonchev–Trinajstić information content (AvgIpc) is 2.25. The average molecular weight is 228 g/mol. The van der Waals surface area contributed by atoms with Crippen LogP contribution in [0.15, 0.2) is 0 Å². The maximum atomic E-state index is 12.2. The molecule has 2 nitrogen and oxygen atoms in total. The van der Waals surface area contributed by atoms with E-state index >= 15 is 0 Å². The van der Waals surface area contributed by atoms with Crippen molar-refractivity contribution in [3.8, 4) is 0 Å². The quantitative estimate of drug-likeness (QED) is 0.611. The van der Waals surface area contributed by atoms with Crippen LogP contribution in [0, 0.1) is 10.8 Å². The summed E-state index contributed by atoms with van der Waals surface area (Å²) in [5.74, 6) is -0.0321. The smallest absolute Gasteiger partial charge is 0.312 e. The Bertz CT molecular complexity index is 221. The van der Waals surface area contributed by atoms with Crippen LogP contribution in [0.3, 0.4) is 0 Å². The Morgan fingerprint density at radius 1 is 1.12 bits per heavy atom. The van der Waals surface area contributed by atoms with E-state index in [0.717, 1.165) is 25.7 Å². The van der Waals surface area contributed by atoms with Crippen molar-refractivity contribution in [1.82, 2.24) is 0 Å². The molecule has 0 aliphatic heterocycles. The number of unbranched alkanes of at least 4 members (excludes halogenated alkanes) is 1. The number of ether oxygens (including phenoxy) is 1. The fraction of sp³-hybridized carbons (Fsp3) is 0.929. The van der Waals surface area contributed by atoms with Gasteiger partial charge >= 0.3 is 5.97 Å². The molecule has 0 aromatic carbocycles.